The third-order valence-electron chi connectivity index (χ3n) is 4.87. The van der Waals surface area contributed by atoms with Crippen LogP contribution >= 0.6 is 11.3 Å². The second kappa shape index (κ2) is 6.01. The molecule has 1 aromatic heterocycles. The highest BCUT2D eigenvalue weighted by Gasteiger charge is 2.46. The van der Waals surface area contributed by atoms with E-state index in [-0.39, 0.29) is 5.91 Å². The Hall–Kier alpha value is -2.65. The summed E-state index contributed by atoms with van der Waals surface area (Å²) in [5.74, 6) is -1.41. The van der Waals surface area contributed by atoms with Crippen molar-refractivity contribution in [1.29, 1.82) is 0 Å². The lowest BCUT2D eigenvalue weighted by atomic mass is 9.82. The van der Waals surface area contributed by atoms with E-state index in [9.17, 15) is 14.7 Å². The summed E-state index contributed by atoms with van der Waals surface area (Å²) in [5, 5.41) is 10.5. The van der Waals surface area contributed by atoms with Crippen molar-refractivity contribution in [3.8, 4) is 0 Å². The Morgan fingerprint density at radius 1 is 1.28 bits per heavy atom. The molecule has 25 heavy (non-hydrogen) atoms. The summed E-state index contributed by atoms with van der Waals surface area (Å²) in [6, 6.07) is 9.93. The third-order valence-corrected chi connectivity index (χ3v) is 5.92. The van der Waals surface area contributed by atoms with Crippen LogP contribution in [0.25, 0.3) is 4.85 Å². The molecule has 0 radical (unpaired) electrons. The van der Waals surface area contributed by atoms with E-state index in [2.05, 4.69) is 4.85 Å². The maximum atomic E-state index is 13.1. The summed E-state index contributed by atoms with van der Waals surface area (Å²) in [6.45, 7) is 7.75. The third kappa shape index (κ3) is 2.71. The van der Waals surface area contributed by atoms with Gasteiger partial charge in [0.15, 0.2) is 0 Å². The number of fused-ring (bicyclic) bond motifs is 1. The summed E-state index contributed by atoms with van der Waals surface area (Å²) < 4.78 is 0. The van der Waals surface area contributed by atoms with Crippen molar-refractivity contribution in [3.05, 3.63) is 63.8 Å². The fraction of sp³-hybridized carbons (Fsp3) is 0.316. The van der Waals surface area contributed by atoms with Gasteiger partial charge in [-0.2, -0.15) is 11.3 Å². The fourth-order valence-corrected chi connectivity index (χ4v) is 4.46. The van der Waals surface area contributed by atoms with Crippen molar-refractivity contribution < 1.29 is 14.7 Å². The van der Waals surface area contributed by atoms with Gasteiger partial charge in [0.25, 0.3) is 5.91 Å². The molecule has 0 bridgehead atoms. The van der Waals surface area contributed by atoms with E-state index in [0.29, 0.717) is 28.6 Å². The van der Waals surface area contributed by atoms with Gasteiger partial charge in [-0.25, -0.2) is 4.85 Å². The monoisotopic (exact) mass is 352 g/mol. The summed E-state index contributed by atoms with van der Waals surface area (Å²) in [5.41, 5.74) is 1.04. The second-order valence-electron chi connectivity index (χ2n) is 6.54. The molecule has 126 valence electrons. The maximum absolute atomic E-state index is 13.1. The normalized spacial score (nSPS) is 22.4. The van der Waals surface area contributed by atoms with Gasteiger partial charge >= 0.3 is 5.97 Å². The molecule has 2 aromatic rings. The molecule has 1 N–H and O–H groups in total. The molecule has 1 fully saturated rings. The van der Waals surface area contributed by atoms with Crippen LogP contribution in [0.4, 0.5) is 5.00 Å². The highest BCUT2D eigenvalue weighted by Crippen LogP contribution is 2.47. The van der Waals surface area contributed by atoms with Crippen LogP contribution in [0.1, 0.15) is 45.6 Å². The van der Waals surface area contributed by atoms with Gasteiger partial charge in [0.05, 0.1) is 12.6 Å². The largest absolute Gasteiger partial charge is 0.481 e. The highest BCUT2D eigenvalue weighted by atomic mass is 32.1. The fourth-order valence-electron chi connectivity index (χ4n) is 3.52. The van der Waals surface area contributed by atoms with E-state index < -0.39 is 17.9 Å². The van der Waals surface area contributed by atoms with E-state index in [0.717, 1.165) is 17.7 Å². The molecule has 4 rings (SSSR count). The second-order valence-corrected chi connectivity index (χ2v) is 7.63. The average molecular weight is 352 g/mol. The first-order valence-corrected chi connectivity index (χ1v) is 9.01. The van der Waals surface area contributed by atoms with Gasteiger partial charge in [-0.05, 0) is 36.5 Å². The summed E-state index contributed by atoms with van der Waals surface area (Å²) >= 11 is 1.28. The molecule has 1 aliphatic heterocycles. The lowest BCUT2D eigenvalue weighted by Crippen LogP contribution is -2.45. The summed E-state index contributed by atoms with van der Waals surface area (Å²) in [4.78, 5) is 31.1. The number of carbonyl (C=O) groups excluding carboxylic acids is 1. The number of rotatable bonds is 4. The van der Waals surface area contributed by atoms with Gasteiger partial charge in [0, 0.05) is 17.0 Å². The van der Waals surface area contributed by atoms with Gasteiger partial charge in [-0.1, -0.05) is 24.3 Å². The topological polar surface area (TPSA) is 62.0 Å². The zero-order valence-electron chi connectivity index (χ0n) is 13.4. The minimum absolute atomic E-state index is 0.109. The first-order valence-electron chi connectivity index (χ1n) is 8.20. The van der Waals surface area contributed by atoms with Crippen molar-refractivity contribution in [3.63, 3.8) is 0 Å². The number of nitrogens with zero attached hydrogens (tertiary/aromatic N) is 2. The number of benzene rings is 1. The highest BCUT2D eigenvalue weighted by molar-refractivity contribution is 7.16. The molecule has 2 unspecified atom stereocenters. The van der Waals surface area contributed by atoms with Gasteiger partial charge in [0.2, 0.25) is 5.00 Å². The number of aliphatic carboxylic acids is 1. The quantitative estimate of drug-likeness (QED) is 0.844. The summed E-state index contributed by atoms with van der Waals surface area (Å²) in [6.07, 6.45) is 2.15. The summed E-state index contributed by atoms with van der Waals surface area (Å²) in [7, 11) is 0. The zero-order valence-corrected chi connectivity index (χ0v) is 14.2. The molecule has 2 aliphatic rings. The number of amides is 1. The number of carbonyl (C=O) groups is 2. The van der Waals surface area contributed by atoms with Crippen LogP contribution in [0.3, 0.4) is 0 Å². The van der Waals surface area contributed by atoms with Crippen molar-refractivity contribution in [2.24, 2.45) is 5.92 Å². The lowest BCUT2D eigenvalue weighted by Gasteiger charge is -2.40. The Kier molecular flexibility index (Phi) is 3.81. The SMILES string of the molecule is [C-]#[N+]c1ccc(C2C(C(=O)O)c3ccccc3C(=O)N2CC2CC2)s1. The Bertz CT molecular complexity index is 894. The van der Waals surface area contributed by atoms with E-state index in [4.69, 9.17) is 6.57 Å². The molecule has 2 heterocycles. The van der Waals surface area contributed by atoms with E-state index >= 15 is 0 Å². The molecule has 5 nitrogen and oxygen atoms in total. The lowest BCUT2D eigenvalue weighted by molar-refractivity contribution is -0.140. The molecule has 1 aliphatic carbocycles. The molecule has 2 atom stereocenters. The van der Waals surface area contributed by atoms with Crippen LogP contribution in [0.5, 0.6) is 0 Å². The van der Waals surface area contributed by atoms with Crippen LogP contribution in [0, 0.1) is 12.5 Å². The van der Waals surface area contributed by atoms with Gasteiger partial charge in [0.1, 0.15) is 5.92 Å². The Labute approximate surface area is 149 Å². The van der Waals surface area contributed by atoms with Crippen LogP contribution in [0.2, 0.25) is 0 Å². The van der Waals surface area contributed by atoms with Crippen molar-refractivity contribution in [1.82, 2.24) is 4.90 Å². The van der Waals surface area contributed by atoms with Gasteiger partial charge in [-0.15, -0.1) is 0 Å². The zero-order chi connectivity index (χ0) is 17.6. The number of thiophene rings is 1. The van der Waals surface area contributed by atoms with Crippen LogP contribution in [0.15, 0.2) is 36.4 Å². The standard InChI is InChI=1S/C19H16N2O3S/c1-20-15-9-8-14(25-15)17-16(19(23)24)12-4-2-3-5-13(12)18(22)21(17)10-11-6-7-11/h2-5,8-9,11,16-17H,6-7,10H2,(H,23,24). The Morgan fingerprint density at radius 2 is 2.04 bits per heavy atom. The molecule has 1 aromatic carbocycles. The average Bonchev–Trinajstić information content (AvgIpc) is 3.30. The van der Waals surface area contributed by atoms with Crippen LogP contribution in [-0.4, -0.2) is 28.4 Å². The van der Waals surface area contributed by atoms with E-state index in [1.165, 1.54) is 11.3 Å². The first-order chi connectivity index (χ1) is 12.1. The molecule has 1 amide bonds. The van der Waals surface area contributed by atoms with Crippen LogP contribution < -0.4 is 0 Å². The molecular weight excluding hydrogens is 336 g/mol. The Morgan fingerprint density at radius 3 is 2.68 bits per heavy atom. The molecule has 6 heteroatoms. The van der Waals surface area contributed by atoms with Crippen molar-refractivity contribution in [2.45, 2.75) is 24.8 Å². The smallest absolute Gasteiger partial charge is 0.313 e. The first kappa shape index (κ1) is 15.9. The molecule has 0 saturated heterocycles. The van der Waals surface area contributed by atoms with Gasteiger partial charge in [-0.3, -0.25) is 9.59 Å². The van der Waals surface area contributed by atoms with Crippen molar-refractivity contribution in [2.75, 3.05) is 6.54 Å². The van der Waals surface area contributed by atoms with Crippen molar-refractivity contribution >= 4 is 28.2 Å². The van der Waals surface area contributed by atoms with E-state index in [1.807, 2.05) is 0 Å². The molecule has 0 spiro atoms. The van der Waals surface area contributed by atoms with Crippen LogP contribution in [-0.2, 0) is 4.79 Å². The van der Waals surface area contributed by atoms with Gasteiger partial charge < -0.3 is 10.0 Å². The van der Waals surface area contributed by atoms with E-state index in [1.54, 1.807) is 41.3 Å². The Balaban J connectivity index is 1.87. The molecule has 1 saturated carbocycles. The minimum atomic E-state index is -0.941. The predicted octanol–water partition coefficient (Wildman–Crippen LogP) is 4.07. The predicted molar refractivity (Wildman–Crippen MR) is 93.9 cm³/mol. The number of carboxylic acids is 1. The minimum Gasteiger partial charge on any atom is -0.481 e. The molecular formula is C19H16N2O3S. The maximum Gasteiger partial charge on any atom is 0.313 e. The number of hydrogen-bond donors (Lipinski definition) is 1. The number of hydrogen-bond acceptors (Lipinski definition) is 3. The number of carboxylic acid groups (broad SMARTS) is 1.